The van der Waals surface area contributed by atoms with Crippen molar-refractivity contribution in [3.8, 4) is 6.07 Å². The van der Waals surface area contributed by atoms with Crippen LogP contribution < -0.4 is 5.73 Å². The summed E-state index contributed by atoms with van der Waals surface area (Å²) in [7, 11) is 0. The van der Waals surface area contributed by atoms with Crippen LogP contribution in [0.2, 0.25) is 0 Å². The molecule has 0 amide bonds. The molecule has 2 fully saturated rings. The number of hydrogen-bond acceptors (Lipinski definition) is 3. The molecular weight excluding hydrogens is 224 g/mol. The average molecular weight is 250 g/mol. The Balaban J connectivity index is 1.71. The van der Waals surface area contributed by atoms with Gasteiger partial charge < -0.3 is 10.5 Å². The maximum absolute atomic E-state index is 9.16. The molecule has 3 nitrogen and oxygen atoms in total. The van der Waals surface area contributed by atoms with E-state index in [1.165, 1.54) is 25.7 Å². The van der Waals surface area contributed by atoms with Crippen molar-refractivity contribution >= 4 is 0 Å². The second-order valence-corrected chi connectivity index (χ2v) is 6.29. The molecule has 2 saturated carbocycles. The molecule has 0 aromatic heterocycles. The van der Waals surface area contributed by atoms with Gasteiger partial charge in [-0.3, -0.25) is 0 Å². The summed E-state index contributed by atoms with van der Waals surface area (Å²) >= 11 is 0. The van der Waals surface area contributed by atoms with E-state index in [2.05, 4.69) is 13.0 Å². The maximum Gasteiger partial charge on any atom is 0.107 e. The molecular formula is C15H26N2O. The molecule has 4 unspecified atom stereocenters. The Labute approximate surface area is 111 Å². The van der Waals surface area contributed by atoms with Crippen molar-refractivity contribution in [1.29, 1.82) is 5.26 Å². The lowest BCUT2D eigenvalue weighted by Crippen LogP contribution is -2.42. The second kappa shape index (κ2) is 6.04. The van der Waals surface area contributed by atoms with Gasteiger partial charge in [-0.1, -0.05) is 26.2 Å². The summed E-state index contributed by atoms with van der Waals surface area (Å²) in [6, 6.07) is 2.31. The molecule has 0 spiro atoms. The number of nitrogens with two attached hydrogens (primary N) is 1. The van der Waals surface area contributed by atoms with Gasteiger partial charge in [-0.15, -0.1) is 0 Å². The molecule has 0 aromatic rings. The zero-order valence-electron chi connectivity index (χ0n) is 11.5. The summed E-state index contributed by atoms with van der Waals surface area (Å²) < 4.78 is 5.99. The molecule has 4 atom stereocenters. The third kappa shape index (κ3) is 3.24. The third-order valence-electron chi connectivity index (χ3n) is 4.79. The molecule has 3 heteroatoms. The predicted molar refractivity (Wildman–Crippen MR) is 71.9 cm³/mol. The first-order valence-corrected chi connectivity index (χ1v) is 7.46. The first-order chi connectivity index (χ1) is 8.64. The van der Waals surface area contributed by atoms with E-state index >= 15 is 0 Å². The van der Waals surface area contributed by atoms with Crippen LogP contribution >= 0.6 is 0 Å². The van der Waals surface area contributed by atoms with Crippen LogP contribution in [0.1, 0.15) is 58.3 Å². The lowest BCUT2D eigenvalue weighted by Gasteiger charge is -2.28. The van der Waals surface area contributed by atoms with E-state index < -0.39 is 5.54 Å². The van der Waals surface area contributed by atoms with Gasteiger partial charge in [0.25, 0.3) is 0 Å². The fraction of sp³-hybridized carbons (Fsp3) is 0.933. The van der Waals surface area contributed by atoms with E-state index in [1.54, 1.807) is 0 Å². The van der Waals surface area contributed by atoms with Crippen LogP contribution in [0, 0.1) is 23.2 Å². The zero-order chi connectivity index (χ0) is 13.0. The Morgan fingerprint density at radius 2 is 2.17 bits per heavy atom. The van der Waals surface area contributed by atoms with Gasteiger partial charge in [0, 0.05) is 6.61 Å². The van der Waals surface area contributed by atoms with Gasteiger partial charge in [0.2, 0.25) is 0 Å². The highest BCUT2D eigenvalue weighted by Gasteiger charge is 2.39. The molecule has 0 saturated heterocycles. The Morgan fingerprint density at radius 3 is 2.89 bits per heavy atom. The molecule has 18 heavy (non-hydrogen) atoms. The lowest BCUT2D eigenvalue weighted by molar-refractivity contribution is 0.00761. The number of hydrogen-bond donors (Lipinski definition) is 1. The summed E-state index contributed by atoms with van der Waals surface area (Å²) in [6.45, 7) is 3.09. The molecule has 0 bridgehead atoms. The van der Waals surface area contributed by atoms with Gasteiger partial charge in [-0.25, -0.2) is 0 Å². The molecule has 2 rings (SSSR count). The van der Waals surface area contributed by atoms with Gasteiger partial charge in [0.15, 0.2) is 0 Å². The Kier molecular flexibility index (Phi) is 4.64. The van der Waals surface area contributed by atoms with Gasteiger partial charge in [-0.2, -0.15) is 5.26 Å². The quantitative estimate of drug-likeness (QED) is 0.834. The van der Waals surface area contributed by atoms with Gasteiger partial charge >= 0.3 is 0 Å². The average Bonchev–Trinajstić information content (AvgIpc) is 2.72. The summed E-state index contributed by atoms with van der Waals surface area (Å²) in [5.41, 5.74) is 5.55. The van der Waals surface area contributed by atoms with E-state index in [4.69, 9.17) is 15.7 Å². The minimum absolute atomic E-state index is 0.337. The first kappa shape index (κ1) is 13.8. The van der Waals surface area contributed by atoms with E-state index in [0.29, 0.717) is 12.0 Å². The number of nitrogens with zero attached hydrogens (tertiary/aromatic N) is 1. The smallest absolute Gasteiger partial charge is 0.107 e. The van der Waals surface area contributed by atoms with Gasteiger partial charge in [0.1, 0.15) is 5.54 Å². The first-order valence-electron chi connectivity index (χ1n) is 7.46. The van der Waals surface area contributed by atoms with Crippen LogP contribution in [-0.2, 0) is 4.74 Å². The summed E-state index contributed by atoms with van der Waals surface area (Å²) in [6.07, 6.45) is 9.51. The monoisotopic (exact) mass is 250 g/mol. The molecule has 2 aliphatic rings. The highest BCUT2D eigenvalue weighted by molar-refractivity contribution is 5.11. The topological polar surface area (TPSA) is 59.0 Å². The van der Waals surface area contributed by atoms with Gasteiger partial charge in [-0.05, 0) is 43.9 Å². The van der Waals surface area contributed by atoms with E-state index in [0.717, 1.165) is 38.2 Å². The van der Waals surface area contributed by atoms with Crippen LogP contribution in [0.3, 0.4) is 0 Å². The minimum atomic E-state index is -0.580. The number of nitriles is 1. The van der Waals surface area contributed by atoms with Crippen molar-refractivity contribution in [2.24, 2.45) is 17.6 Å². The van der Waals surface area contributed by atoms with E-state index in [-0.39, 0.29) is 0 Å². The highest BCUT2D eigenvalue weighted by Crippen LogP contribution is 2.36. The summed E-state index contributed by atoms with van der Waals surface area (Å²) in [5, 5.41) is 9.16. The molecule has 2 N–H and O–H groups in total. The van der Waals surface area contributed by atoms with Crippen molar-refractivity contribution in [2.45, 2.75) is 69.9 Å². The largest absolute Gasteiger partial charge is 0.378 e. The van der Waals surface area contributed by atoms with Crippen LogP contribution in [-0.4, -0.2) is 18.2 Å². The molecule has 0 aromatic carbocycles. The predicted octanol–water partition coefficient (Wildman–Crippen LogP) is 2.99. The summed E-state index contributed by atoms with van der Waals surface area (Å²) in [4.78, 5) is 0. The summed E-state index contributed by atoms with van der Waals surface area (Å²) in [5.74, 6) is 1.14. The third-order valence-corrected chi connectivity index (χ3v) is 4.79. The highest BCUT2D eigenvalue weighted by atomic mass is 16.5. The second-order valence-electron chi connectivity index (χ2n) is 6.29. The Morgan fingerprint density at radius 1 is 1.33 bits per heavy atom. The van der Waals surface area contributed by atoms with Crippen molar-refractivity contribution in [3.05, 3.63) is 0 Å². The molecule has 102 valence electrons. The van der Waals surface area contributed by atoms with Crippen molar-refractivity contribution in [2.75, 3.05) is 6.61 Å². The van der Waals surface area contributed by atoms with Crippen LogP contribution in [0.25, 0.3) is 0 Å². The lowest BCUT2D eigenvalue weighted by atomic mass is 9.87. The molecule has 2 aliphatic carbocycles. The Hall–Kier alpha value is -0.590. The van der Waals surface area contributed by atoms with Crippen LogP contribution in [0.15, 0.2) is 0 Å². The van der Waals surface area contributed by atoms with Crippen LogP contribution in [0.5, 0.6) is 0 Å². The van der Waals surface area contributed by atoms with Gasteiger partial charge in [0.05, 0.1) is 12.2 Å². The fourth-order valence-corrected chi connectivity index (χ4v) is 3.56. The zero-order valence-corrected chi connectivity index (χ0v) is 11.5. The Bertz CT molecular complexity index is 312. The normalized spacial score (nSPS) is 40.6. The standard InChI is InChI=1S/C15H26N2O/c1-12-4-2-6-14(10-12)18-9-7-13-5-3-8-15(13,17)11-16/h12-14H,2-10,17H2,1H3. The maximum atomic E-state index is 9.16. The molecule has 0 aliphatic heterocycles. The number of rotatable bonds is 4. The van der Waals surface area contributed by atoms with Crippen molar-refractivity contribution < 1.29 is 4.74 Å². The van der Waals surface area contributed by atoms with E-state index in [1.807, 2.05) is 0 Å². The number of ether oxygens (including phenoxy) is 1. The van der Waals surface area contributed by atoms with E-state index in [9.17, 15) is 0 Å². The van der Waals surface area contributed by atoms with Crippen LogP contribution in [0.4, 0.5) is 0 Å². The minimum Gasteiger partial charge on any atom is -0.378 e. The SMILES string of the molecule is CC1CCCC(OCCC2CCCC2(N)C#N)C1. The van der Waals surface area contributed by atoms with Crippen molar-refractivity contribution in [1.82, 2.24) is 0 Å². The molecule has 0 radical (unpaired) electrons. The fourth-order valence-electron chi connectivity index (χ4n) is 3.56. The molecule has 0 heterocycles. The van der Waals surface area contributed by atoms with Crippen molar-refractivity contribution in [3.63, 3.8) is 0 Å².